The summed E-state index contributed by atoms with van der Waals surface area (Å²) in [6, 6.07) is 0. The number of nitrogens with one attached hydrogen (secondary N) is 1. The lowest BCUT2D eigenvalue weighted by atomic mass is 10.2. The SMILES string of the molecule is Cc1sc2nc([C@@H](C)Sc3nnc(SCC(C)C)s3)[nH]c(=O)c2c1C. The van der Waals surface area contributed by atoms with E-state index in [1.165, 1.54) is 0 Å². The fraction of sp³-hybridized carbons (Fsp3) is 0.500. The number of hydrogen-bond donors (Lipinski definition) is 1. The van der Waals surface area contributed by atoms with Crippen LogP contribution >= 0.6 is 46.2 Å². The molecule has 0 fully saturated rings. The molecule has 5 nitrogen and oxygen atoms in total. The quantitative estimate of drug-likeness (QED) is 0.571. The Balaban J connectivity index is 1.78. The molecule has 0 aliphatic carbocycles. The van der Waals surface area contributed by atoms with Crippen molar-refractivity contribution in [2.24, 2.45) is 5.92 Å². The van der Waals surface area contributed by atoms with E-state index in [-0.39, 0.29) is 10.8 Å². The van der Waals surface area contributed by atoms with E-state index in [4.69, 9.17) is 0 Å². The minimum absolute atomic E-state index is 0.00992. The van der Waals surface area contributed by atoms with Crippen LogP contribution in [0.15, 0.2) is 13.5 Å². The van der Waals surface area contributed by atoms with E-state index in [9.17, 15) is 4.79 Å². The minimum Gasteiger partial charge on any atom is -0.309 e. The molecule has 3 aromatic heterocycles. The van der Waals surface area contributed by atoms with Crippen molar-refractivity contribution >= 4 is 56.4 Å². The summed E-state index contributed by atoms with van der Waals surface area (Å²) < 4.78 is 1.89. The molecule has 0 bridgehead atoms. The van der Waals surface area contributed by atoms with Crippen LogP contribution in [0.3, 0.4) is 0 Å². The van der Waals surface area contributed by atoms with Gasteiger partial charge in [0.05, 0.1) is 10.6 Å². The van der Waals surface area contributed by atoms with E-state index >= 15 is 0 Å². The first-order valence-electron chi connectivity index (χ1n) is 7.98. The zero-order chi connectivity index (χ0) is 18.1. The van der Waals surface area contributed by atoms with Gasteiger partial charge >= 0.3 is 0 Å². The Labute approximate surface area is 163 Å². The molecule has 1 atom stereocenters. The largest absolute Gasteiger partial charge is 0.309 e. The summed E-state index contributed by atoms with van der Waals surface area (Å²) in [4.78, 5) is 22.0. The average Bonchev–Trinajstić information content (AvgIpc) is 3.10. The number of aromatic nitrogens is 4. The normalized spacial score (nSPS) is 13.0. The van der Waals surface area contributed by atoms with Crippen molar-refractivity contribution in [1.29, 1.82) is 0 Å². The van der Waals surface area contributed by atoms with Gasteiger partial charge < -0.3 is 4.98 Å². The first-order valence-corrected chi connectivity index (χ1v) is 11.5. The molecule has 9 heteroatoms. The third-order valence-electron chi connectivity index (χ3n) is 3.65. The third-order valence-corrected chi connectivity index (χ3v) is 8.43. The standard InChI is InChI=1S/C16H20N4OS4/c1-7(2)6-22-15-19-20-16(25-15)24-10(5)12-17-13(21)11-8(3)9(4)23-14(11)18-12/h7,10H,6H2,1-5H3,(H,17,18,21)/t10-/m1/s1. The van der Waals surface area contributed by atoms with Crippen LogP contribution in [0.1, 0.15) is 42.3 Å². The molecule has 0 aromatic carbocycles. The summed E-state index contributed by atoms with van der Waals surface area (Å²) in [5.41, 5.74) is 0.969. The van der Waals surface area contributed by atoms with Gasteiger partial charge in [-0.15, -0.1) is 21.5 Å². The molecule has 134 valence electrons. The van der Waals surface area contributed by atoms with E-state index in [2.05, 4.69) is 34.0 Å². The summed E-state index contributed by atoms with van der Waals surface area (Å²) in [5, 5.41) is 9.22. The Morgan fingerprint density at radius 3 is 2.56 bits per heavy atom. The minimum atomic E-state index is -0.0558. The van der Waals surface area contributed by atoms with Gasteiger partial charge in [-0.25, -0.2) is 4.98 Å². The van der Waals surface area contributed by atoms with E-state index in [0.717, 1.165) is 29.7 Å². The van der Waals surface area contributed by atoms with Gasteiger partial charge in [-0.05, 0) is 32.3 Å². The van der Waals surface area contributed by atoms with E-state index in [1.54, 1.807) is 46.2 Å². The predicted molar refractivity (Wildman–Crippen MR) is 109 cm³/mol. The summed E-state index contributed by atoms with van der Waals surface area (Å²) in [7, 11) is 0. The molecule has 0 unspecified atom stereocenters. The maximum Gasteiger partial charge on any atom is 0.259 e. The van der Waals surface area contributed by atoms with Gasteiger partial charge in [0.1, 0.15) is 10.7 Å². The smallest absolute Gasteiger partial charge is 0.259 e. The Morgan fingerprint density at radius 1 is 1.12 bits per heavy atom. The Bertz CT molecular complexity index is 943. The number of rotatable bonds is 6. The monoisotopic (exact) mass is 412 g/mol. The Hall–Kier alpha value is -0.900. The molecule has 0 aliphatic rings. The van der Waals surface area contributed by atoms with Crippen molar-refractivity contribution < 1.29 is 0 Å². The molecule has 0 amide bonds. The van der Waals surface area contributed by atoms with Crippen molar-refractivity contribution in [3.05, 3.63) is 26.6 Å². The topological polar surface area (TPSA) is 71.5 Å². The van der Waals surface area contributed by atoms with Gasteiger partial charge in [0.15, 0.2) is 8.68 Å². The van der Waals surface area contributed by atoms with Crippen LogP contribution < -0.4 is 5.56 Å². The number of nitrogens with zero attached hydrogens (tertiary/aromatic N) is 3. The highest BCUT2D eigenvalue weighted by molar-refractivity contribution is 8.03. The first-order chi connectivity index (χ1) is 11.8. The molecule has 0 spiro atoms. The van der Waals surface area contributed by atoms with Crippen molar-refractivity contribution in [2.75, 3.05) is 5.75 Å². The van der Waals surface area contributed by atoms with Crippen molar-refractivity contribution in [3.63, 3.8) is 0 Å². The second kappa shape index (κ2) is 7.77. The maximum atomic E-state index is 12.4. The van der Waals surface area contributed by atoms with Crippen molar-refractivity contribution in [1.82, 2.24) is 20.2 Å². The van der Waals surface area contributed by atoms with Crippen LogP contribution in [0.25, 0.3) is 10.2 Å². The van der Waals surface area contributed by atoms with Gasteiger partial charge in [0.2, 0.25) is 0 Å². The summed E-state index contributed by atoms with van der Waals surface area (Å²) >= 11 is 6.50. The molecular weight excluding hydrogens is 392 g/mol. The van der Waals surface area contributed by atoms with Gasteiger partial charge in [0, 0.05) is 10.6 Å². The molecule has 0 saturated heterocycles. The zero-order valence-corrected chi connectivity index (χ0v) is 18.0. The molecule has 1 N–H and O–H groups in total. The molecule has 0 aliphatic heterocycles. The van der Waals surface area contributed by atoms with Crippen LogP contribution in [-0.2, 0) is 0 Å². The molecule has 0 radical (unpaired) electrons. The van der Waals surface area contributed by atoms with Gasteiger partial charge in [-0.2, -0.15) is 0 Å². The summed E-state index contributed by atoms with van der Waals surface area (Å²) in [6.45, 7) is 10.4. The van der Waals surface area contributed by atoms with E-state index in [1.807, 2.05) is 20.8 Å². The van der Waals surface area contributed by atoms with Crippen LogP contribution in [0.4, 0.5) is 0 Å². The maximum absolute atomic E-state index is 12.4. The summed E-state index contributed by atoms with van der Waals surface area (Å²) in [5.74, 6) is 2.36. The lowest BCUT2D eigenvalue weighted by Crippen LogP contribution is -2.12. The molecule has 25 heavy (non-hydrogen) atoms. The van der Waals surface area contributed by atoms with Gasteiger partial charge in [-0.1, -0.05) is 48.7 Å². The van der Waals surface area contributed by atoms with Crippen LogP contribution in [0.2, 0.25) is 0 Å². The van der Waals surface area contributed by atoms with Crippen LogP contribution in [0, 0.1) is 19.8 Å². The lowest BCUT2D eigenvalue weighted by Gasteiger charge is -2.07. The molecule has 3 heterocycles. The number of H-pyrrole nitrogens is 1. The second-order valence-electron chi connectivity index (χ2n) is 6.21. The highest BCUT2D eigenvalue weighted by atomic mass is 32.2. The van der Waals surface area contributed by atoms with Crippen molar-refractivity contribution in [2.45, 2.75) is 48.5 Å². The average molecular weight is 413 g/mol. The first kappa shape index (κ1) is 18.9. The van der Waals surface area contributed by atoms with Crippen LogP contribution in [-0.4, -0.2) is 25.9 Å². The number of thiophene rings is 1. The Morgan fingerprint density at radius 2 is 1.84 bits per heavy atom. The fourth-order valence-corrected chi connectivity index (χ4v) is 6.45. The zero-order valence-electron chi connectivity index (χ0n) is 14.7. The summed E-state index contributed by atoms with van der Waals surface area (Å²) in [6.07, 6.45) is 0. The highest BCUT2D eigenvalue weighted by Crippen LogP contribution is 2.37. The number of aromatic amines is 1. The van der Waals surface area contributed by atoms with Crippen molar-refractivity contribution in [3.8, 4) is 0 Å². The highest BCUT2D eigenvalue weighted by Gasteiger charge is 2.18. The third kappa shape index (κ3) is 4.27. The number of hydrogen-bond acceptors (Lipinski definition) is 8. The van der Waals surface area contributed by atoms with Gasteiger partial charge in [-0.3, -0.25) is 4.79 Å². The fourth-order valence-electron chi connectivity index (χ4n) is 2.21. The molecule has 3 aromatic rings. The van der Waals surface area contributed by atoms with E-state index in [0.29, 0.717) is 17.1 Å². The molecular formula is C16H20N4OS4. The van der Waals surface area contributed by atoms with Gasteiger partial charge in [0.25, 0.3) is 5.56 Å². The molecule has 0 saturated carbocycles. The Kier molecular flexibility index (Phi) is 5.87. The number of thioether (sulfide) groups is 2. The lowest BCUT2D eigenvalue weighted by molar-refractivity contribution is 0.749. The van der Waals surface area contributed by atoms with Crippen LogP contribution in [0.5, 0.6) is 0 Å². The number of aryl methyl sites for hydroxylation is 2. The molecule has 3 rings (SSSR count). The second-order valence-corrected chi connectivity index (χ2v) is 11.2. The number of fused-ring (bicyclic) bond motifs is 1. The predicted octanol–water partition coefficient (Wildman–Crippen LogP) is 5.05. The van der Waals surface area contributed by atoms with E-state index < -0.39 is 0 Å².